The van der Waals surface area contributed by atoms with Crippen molar-refractivity contribution in [1.29, 1.82) is 0 Å². The molecule has 102 valence electrons. The van der Waals surface area contributed by atoms with E-state index < -0.39 is 5.41 Å². The van der Waals surface area contributed by atoms with Crippen molar-refractivity contribution in [3.05, 3.63) is 29.6 Å². The largest absolute Gasteiger partial charge is 0.369 e. The Balaban J connectivity index is 2.59. The van der Waals surface area contributed by atoms with Gasteiger partial charge in [-0.15, -0.1) is 11.6 Å². The first kappa shape index (κ1) is 13.9. The average molecular weight is 280 g/mol. The Morgan fingerprint density at radius 1 is 1.47 bits per heavy atom. The van der Waals surface area contributed by atoms with Gasteiger partial charge in [0.1, 0.15) is 5.82 Å². The van der Waals surface area contributed by atoms with Gasteiger partial charge in [0.25, 0.3) is 0 Å². The first-order chi connectivity index (χ1) is 8.86. The first-order valence-corrected chi connectivity index (χ1v) is 6.71. The number of aromatic nitrogens is 2. The molecule has 0 aliphatic carbocycles. The molecule has 0 fully saturated rings. The Hall–Kier alpha value is -1.55. The molecule has 1 aromatic carbocycles. The van der Waals surface area contributed by atoms with Gasteiger partial charge in [0.15, 0.2) is 0 Å². The van der Waals surface area contributed by atoms with Crippen LogP contribution in [-0.4, -0.2) is 15.5 Å². The number of nitrogens with two attached hydrogens (primary N) is 1. The molecule has 1 heterocycles. The molecule has 2 rings (SSSR count). The second-order valence-electron chi connectivity index (χ2n) is 5.44. The zero-order chi connectivity index (χ0) is 14.2. The minimum absolute atomic E-state index is 0.308. The van der Waals surface area contributed by atoms with Gasteiger partial charge in [-0.25, -0.2) is 4.98 Å². The third-order valence-electron chi connectivity index (χ3n) is 3.40. The lowest BCUT2D eigenvalue weighted by Gasteiger charge is -2.22. The predicted octanol–water partition coefficient (Wildman–Crippen LogP) is 2.60. The highest BCUT2D eigenvalue weighted by atomic mass is 35.5. The molecule has 0 bridgehead atoms. The summed E-state index contributed by atoms with van der Waals surface area (Å²) in [5, 5.41) is 0. The zero-order valence-corrected chi connectivity index (χ0v) is 12.2. The van der Waals surface area contributed by atoms with E-state index in [1.807, 2.05) is 43.5 Å². The number of para-hydroxylation sites is 1. The lowest BCUT2D eigenvalue weighted by atomic mass is 9.92. The molecule has 2 aromatic rings. The van der Waals surface area contributed by atoms with Gasteiger partial charge >= 0.3 is 0 Å². The van der Waals surface area contributed by atoms with Crippen LogP contribution < -0.4 is 5.73 Å². The van der Waals surface area contributed by atoms with Crippen LogP contribution in [0.15, 0.2) is 18.2 Å². The predicted molar refractivity (Wildman–Crippen MR) is 77.0 cm³/mol. The topological polar surface area (TPSA) is 60.9 Å². The molecule has 1 amide bonds. The number of carbonyl (C=O) groups is 1. The Morgan fingerprint density at radius 3 is 2.74 bits per heavy atom. The SMILES string of the molecule is Cc1cccc2c1nc(CCl)n2CC(C)(C)C(N)=O. The second kappa shape index (κ2) is 4.85. The maximum Gasteiger partial charge on any atom is 0.224 e. The molecule has 5 heteroatoms. The lowest BCUT2D eigenvalue weighted by molar-refractivity contribution is -0.126. The summed E-state index contributed by atoms with van der Waals surface area (Å²) < 4.78 is 1.99. The Bertz CT molecular complexity index is 631. The maximum atomic E-state index is 11.5. The molecule has 1 aromatic heterocycles. The molecule has 0 spiro atoms. The van der Waals surface area contributed by atoms with Crippen LogP contribution in [0.25, 0.3) is 11.0 Å². The van der Waals surface area contributed by atoms with E-state index in [1.54, 1.807) is 0 Å². The summed E-state index contributed by atoms with van der Waals surface area (Å²) in [4.78, 5) is 16.1. The van der Waals surface area contributed by atoms with Crippen LogP contribution in [0.3, 0.4) is 0 Å². The summed E-state index contributed by atoms with van der Waals surface area (Å²) in [5.74, 6) is 0.742. The van der Waals surface area contributed by atoms with Crippen LogP contribution in [0, 0.1) is 12.3 Å². The van der Waals surface area contributed by atoms with Crippen LogP contribution in [0.2, 0.25) is 0 Å². The van der Waals surface area contributed by atoms with Crippen molar-refractivity contribution >= 4 is 28.5 Å². The lowest BCUT2D eigenvalue weighted by Crippen LogP contribution is -2.35. The van der Waals surface area contributed by atoms with Crippen molar-refractivity contribution in [3.8, 4) is 0 Å². The first-order valence-electron chi connectivity index (χ1n) is 6.17. The molecule has 0 saturated heterocycles. The van der Waals surface area contributed by atoms with E-state index in [1.165, 1.54) is 0 Å². The van der Waals surface area contributed by atoms with Gasteiger partial charge < -0.3 is 10.3 Å². The highest BCUT2D eigenvalue weighted by Gasteiger charge is 2.27. The highest BCUT2D eigenvalue weighted by Crippen LogP contribution is 2.25. The summed E-state index contributed by atoms with van der Waals surface area (Å²) in [6, 6.07) is 5.98. The number of imidazole rings is 1. The zero-order valence-electron chi connectivity index (χ0n) is 11.4. The molecular formula is C14H18ClN3O. The molecule has 0 atom stereocenters. The number of fused-ring (bicyclic) bond motifs is 1. The maximum absolute atomic E-state index is 11.5. The van der Waals surface area contributed by atoms with E-state index in [9.17, 15) is 4.79 Å². The number of halogens is 1. The number of carbonyl (C=O) groups excluding carboxylic acids is 1. The van der Waals surface area contributed by atoms with Crippen LogP contribution in [0.1, 0.15) is 25.2 Å². The van der Waals surface area contributed by atoms with Gasteiger partial charge in [-0.3, -0.25) is 4.79 Å². The van der Waals surface area contributed by atoms with E-state index >= 15 is 0 Å². The second-order valence-corrected chi connectivity index (χ2v) is 5.71. The van der Waals surface area contributed by atoms with Gasteiger partial charge in [-0.05, 0) is 32.4 Å². The summed E-state index contributed by atoms with van der Waals surface area (Å²) in [6.07, 6.45) is 0. The fourth-order valence-corrected chi connectivity index (χ4v) is 2.29. The minimum atomic E-state index is -0.641. The molecular weight excluding hydrogens is 262 g/mol. The van der Waals surface area contributed by atoms with Crippen molar-refractivity contribution in [2.24, 2.45) is 11.1 Å². The van der Waals surface area contributed by atoms with E-state index in [-0.39, 0.29) is 5.91 Å². The third-order valence-corrected chi connectivity index (χ3v) is 3.64. The fraction of sp³-hybridized carbons (Fsp3) is 0.429. The number of hydrogen-bond acceptors (Lipinski definition) is 2. The van der Waals surface area contributed by atoms with Crippen LogP contribution >= 0.6 is 11.6 Å². The molecule has 2 N–H and O–H groups in total. The number of rotatable bonds is 4. The monoisotopic (exact) mass is 279 g/mol. The smallest absolute Gasteiger partial charge is 0.224 e. The van der Waals surface area contributed by atoms with Gasteiger partial charge in [0, 0.05) is 6.54 Å². The molecule has 0 radical (unpaired) electrons. The average Bonchev–Trinajstić information content (AvgIpc) is 2.68. The van der Waals surface area contributed by atoms with Crippen molar-refractivity contribution in [2.45, 2.75) is 33.2 Å². The summed E-state index contributed by atoms with van der Waals surface area (Å²) >= 11 is 5.96. The number of amides is 1. The van der Waals surface area contributed by atoms with Crippen molar-refractivity contribution < 1.29 is 4.79 Å². The van der Waals surface area contributed by atoms with E-state index in [0.29, 0.717) is 12.4 Å². The number of aryl methyl sites for hydroxylation is 1. The fourth-order valence-electron chi connectivity index (χ4n) is 2.09. The number of alkyl halides is 1. The standard InChI is InChI=1S/C14H18ClN3O/c1-9-5-4-6-10-12(9)17-11(7-15)18(10)8-14(2,3)13(16)19/h4-6H,7-8H2,1-3H3,(H2,16,19). The van der Waals surface area contributed by atoms with Crippen molar-refractivity contribution in [2.75, 3.05) is 0 Å². The van der Waals surface area contributed by atoms with Gasteiger partial charge in [-0.1, -0.05) is 12.1 Å². The van der Waals surface area contributed by atoms with Crippen LogP contribution in [-0.2, 0) is 17.2 Å². The number of primary amides is 1. The molecule has 4 nitrogen and oxygen atoms in total. The highest BCUT2D eigenvalue weighted by molar-refractivity contribution is 6.16. The quantitative estimate of drug-likeness (QED) is 0.875. The molecule has 19 heavy (non-hydrogen) atoms. The Labute approximate surface area is 117 Å². The minimum Gasteiger partial charge on any atom is -0.369 e. The Kier molecular flexibility index (Phi) is 3.54. The van der Waals surface area contributed by atoms with Gasteiger partial charge in [-0.2, -0.15) is 0 Å². The number of nitrogens with zero attached hydrogens (tertiary/aromatic N) is 2. The molecule has 0 aliphatic heterocycles. The molecule has 0 saturated carbocycles. The van der Waals surface area contributed by atoms with Gasteiger partial charge in [0.05, 0.1) is 22.3 Å². The van der Waals surface area contributed by atoms with Crippen LogP contribution in [0.5, 0.6) is 0 Å². The van der Waals surface area contributed by atoms with Crippen LogP contribution in [0.4, 0.5) is 0 Å². The summed E-state index contributed by atoms with van der Waals surface area (Å²) in [5.41, 5.74) is 7.82. The van der Waals surface area contributed by atoms with Crippen molar-refractivity contribution in [1.82, 2.24) is 9.55 Å². The van der Waals surface area contributed by atoms with Crippen molar-refractivity contribution in [3.63, 3.8) is 0 Å². The Morgan fingerprint density at radius 2 is 2.16 bits per heavy atom. The summed E-state index contributed by atoms with van der Waals surface area (Å²) in [7, 11) is 0. The van der Waals surface area contributed by atoms with E-state index in [0.717, 1.165) is 22.4 Å². The summed E-state index contributed by atoms with van der Waals surface area (Å²) in [6.45, 7) is 6.14. The number of benzene rings is 1. The third kappa shape index (κ3) is 2.45. The van der Waals surface area contributed by atoms with E-state index in [4.69, 9.17) is 17.3 Å². The van der Waals surface area contributed by atoms with Gasteiger partial charge in [0.2, 0.25) is 5.91 Å². The molecule has 0 unspecified atom stereocenters. The molecule has 0 aliphatic rings. The number of hydrogen-bond donors (Lipinski definition) is 1. The normalized spacial score (nSPS) is 12.0. The van der Waals surface area contributed by atoms with E-state index in [2.05, 4.69) is 4.98 Å².